The van der Waals surface area contributed by atoms with E-state index in [9.17, 15) is 9.59 Å². The number of nitrogens with two attached hydrogens (primary N) is 1. The maximum atomic E-state index is 11.6. The smallest absolute Gasteiger partial charge is 0.323 e. The third-order valence-electron chi connectivity index (χ3n) is 2.82. The van der Waals surface area contributed by atoms with E-state index in [4.69, 9.17) is 10.5 Å². The van der Waals surface area contributed by atoms with Crippen LogP contribution in [0.5, 0.6) is 0 Å². The van der Waals surface area contributed by atoms with Gasteiger partial charge in [-0.3, -0.25) is 9.59 Å². The summed E-state index contributed by atoms with van der Waals surface area (Å²) >= 11 is 0. The molecule has 22 heavy (non-hydrogen) atoms. The molecule has 0 radical (unpaired) electrons. The van der Waals surface area contributed by atoms with Gasteiger partial charge in [0, 0.05) is 12.1 Å². The Hall–Kier alpha value is -1.59. The predicted molar refractivity (Wildman–Crippen MR) is 90.1 cm³/mol. The molecule has 1 atom stereocenters. The maximum absolute atomic E-state index is 11.6. The second-order valence-corrected chi connectivity index (χ2v) is 5.29. The van der Waals surface area contributed by atoms with E-state index in [0.29, 0.717) is 12.8 Å². The number of halogens is 1. The van der Waals surface area contributed by atoms with Crippen molar-refractivity contribution in [3.63, 3.8) is 0 Å². The number of anilines is 1. The number of hydrogen-bond donors (Lipinski definition) is 2. The van der Waals surface area contributed by atoms with E-state index >= 15 is 0 Å². The molecule has 0 bridgehead atoms. The molecule has 3 N–H and O–H groups in total. The van der Waals surface area contributed by atoms with Crippen molar-refractivity contribution in [3.8, 4) is 0 Å². The predicted octanol–water partition coefficient (Wildman–Crippen LogP) is 2.67. The summed E-state index contributed by atoms with van der Waals surface area (Å²) in [6, 6.07) is 6.65. The highest BCUT2D eigenvalue weighted by atomic mass is 35.5. The van der Waals surface area contributed by atoms with Crippen molar-refractivity contribution in [3.05, 3.63) is 29.8 Å². The topological polar surface area (TPSA) is 81.4 Å². The van der Waals surface area contributed by atoms with Crippen LogP contribution in [0, 0.1) is 0 Å². The van der Waals surface area contributed by atoms with Gasteiger partial charge < -0.3 is 15.8 Å². The van der Waals surface area contributed by atoms with Crippen LogP contribution in [0.4, 0.5) is 5.69 Å². The summed E-state index contributed by atoms with van der Waals surface area (Å²) in [4.78, 5) is 23.1. The Bertz CT molecular complexity index is 475. The average Bonchev–Trinajstić information content (AvgIpc) is 2.40. The van der Waals surface area contributed by atoms with Crippen LogP contribution in [0.15, 0.2) is 24.3 Å². The molecule has 1 rings (SSSR count). The molecule has 0 aliphatic carbocycles. The van der Waals surface area contributed by atoms with Crippen molar-refractivity contribution < 1.29 is 14.3 Å². The lowest BCUT2D eigenvalue weighted by molar-refractivity contribution is -0.148. The zero-order valence-corrected chi connectivity index (χ0v) is 14.1. The highest BCUT2D eigenvalue weighted by Crippen LogP contribution is 2.12. The van der Waals surface area contributed by atoms with Gasteiger partial charge in [-0.05, 0) is 44.4 Å². The fourth-order valence-corrected chi connectivity index (χ4v) is 1.83. The van der Waals surface area contributed by atoms with Gasteiger partial charge in [0.05, 0.1) is 6.10 Å². The molecule has 6 heteroatoms. The Kier molecular flexibility index (Phi) is 9.45. The Balaban J connectivity index is 0.00000441. The minimum atomic E-state index is -0.673. The summed E-state index contributed by atoms with van der Waals surface area (Å²) in [6.45, 7) is 5.54. The van der Waals surface area contributed by atoms with Crippen molar-refractivity contribution in [1.82, 2.24) is 0 Å². The molecule has 0 aromatic heterocycles. The Labute approximate surface area is 138 Å². The van der Waals surface area contributed by atoms with E-state index in [0.717, 1.165) is 17.7 Å². The molecular formula is C16H25ClN2O3. The Morgan fingerprint density at radius 1 is 1.23 bits per heavy atom. The lowest BCUT2D eigenvalue weighted by atomic mass is 10.1. The third kappa shape index (κ3) is 7.43. The minimum absolute atomic E-state index is 0. The normalized spacial score (nSPS) is 11.5. The van der Waals surface area contributed by atoms with Crippen LogP contribution in [0.3, 0.4) is 0 Å². The monoisotopic (exact) mass is 328 g/mol. The van der Waals surface area contributed by atoms with Crippen molar-refractivity contribution in [2.75, 3.05) is 5.32 Å². The zero-order valence-electron chi connectivity index (χ0n) is 13.3. The van der Waals surface area contributed by atoms with Crippen molar-refractivity contribution >= 4 is 30.0 Å². The average molecular weight is 329 g/mol. The van der Waals surface area contributed by atoms with Gasteiger partial charge in [-0.1, -0.05) is 19.1 Å². The summed E-state index contributed by atoms with van der Waals surface area (Å²) in [5, 5.41) is 2.81. The second-order valence-electron chi connectivity index (χ2n) is 5.29. The molecule has 0 spiro atoms. The van der Waals surface area contributed by atoms with Crippen molar-refractivity contribution in [2.24, 2.45) is 5.73 Å². The van der Waals surface area contributed by atoms with E-state index in [2.05, 4.69) is 5.32 Å². The number of benzene rings is 1. The molecule has 1 aromatic carbocycles. The zero-order chi connectivity index (χ0) is 15.8. The van der Waals surface area contributed by atoms with Crippen molar-refractivity contribution in [1.29, 1.82) is 0 Å². The van der Waals surface area contributed by atoms with Gasteiger partial charge in [0.15, 0.2) is 0 Å². The molecule has 124 valence electrons. The molecule has 5 nitrogen and oxygen atoms in total. The number of rotatable bonds is 7. The van der Waals surface area contributed by atoms with Gasteiger partial charge in [0.1, 0.15) is 6.04 Å². The maximum Gasteiger partial charge on any atom is 0.323 e. The van der Waals surface area contributed by atoms with Crippen molar-refractivity contribution in [2.45, 2.75) is 52.2 Å². The minimum Gasteiger partial charge on any atom is -0.462 e. The molecule has 0 saturated heterocycles. The van der Waals surface area contributed by atoms with Gasteiger partial charge in [0.25, 0.3) is 0 Å². The van der Waals surface area contributed by atoms with Crippen LogP contribution in [-0.4, -0.2) is 24.0 Å². The van der Waals surface area contributed by atoms with E-state index in [-0.39, 0.29) is 24.4 Å². The first-order valence-corrected chi connectivity index (χ1v) is 7.27. The summed E-state index contributed by atoms with van der Waals surface area (Å²) < 4.78 is 5.07. The van der Waals surface area contributed by atoms with Gasteiger partial charge in [-0.25, -0.2) is 0 Å². The molecule has 1 amide bonds. The number of carbonyl (C=O) groups excluding carboxylic acids is 2. The first-order valence-electron chi connectivity index (χ1n) is 7.27. The summed E-state index contributed by atoms with van der Waals surface area (Å²) in [7, 11) is 0. The SMILES string of the molecule is CCCC(=O)Nc1ccc(C[C@H](N)C(=O)OC(C)C)cc1.Cl. The fourth-order valence-electron chi connectivity index (χ4n) is 1.83. The lowest BCUT2D eigenvalue weighted by Gasteiger charge is -2.14. The van der Waals surface area contributed by atoms with Crippen LogP contribution in [0.25, 0.3) is 0 Å². The molecule has 1 aromatic rings. The van der Waals surface area contributed by atoms with E-state index in [1.54, 1.807) is 13.8 Å². The lowest BCUT2D eigenvalue weighted by Crippen LogP contribution is -2.35. The summed E-state index contributed by atoms with van der Waals surface area (Å²) in [5.41, 5.74) is 7.48. The number of ether oxygens (including phenoxy) is 1. The van der Waals surface area contributed by atoms with Gasteiger partial charge in [-0.15, -0.1) is 12.4 Å². The largest absolute Gasteiger partial charge is 0.462 e. The Morgan fingerprint density at radius 3 is 2.32 bits per heavy atom. The number of esters is 1. The first kappa shape index (κ1) is 20.4. The number of nitrogens with one attached hydrogen (secondary N) is 1. The van der Waals surface area contributed by atoms with Crippen LogP contribution in [-0.2, 0) is 20.7 Å². The van der Waals surface area contributed by atoms with Crippen LogP contribution in [0.2, 0.25) is 0 Å². The molecule has 0 aliphatic heterocycles. The van der Waals surface area contributed by atoms with Gasteiger partial charge in [0.2, 0.25) is 5.91 Å². The highest BCUT2D eigenvalue weighted by molar-refractivity contribution is 5.90. The molecular weight excluding hydrogens is 304 g/mol. The van der Waals surface area contributed by atoms with Crippen LogP contribution >= 0.6 is 12.4 Å². The van der Waals surface area contributed by atoms with Gasteiger partial charge >= 0.3 is 5.97 Å². The summed E-state index contributed by atoms with van der Waals surface area (Å²) in [6.07, 6.45) is 1.57. The first-order chi connectivity index (χ1) is 9.92. The molecule has 0 aliphatic rings. The highest BCUT2D eigenvalue weighted by Gasteiger charge is 2.16. The molecule has 0 unspecified atom stereocenters. The number of amides is 1. The Morgan fingerprint density at radius 2 is 1.82 bits per heavy atom. The molecule has 0 heterocycles. The summed E-state index contributed by atoms with van der Waals surface area (Å²) in [5.74, 6) is -0.396. The molecule has 0 fully saturated rings. The number of hydrogen-bond acceptors (Lipinski definition) is 4. The van der Waals surface area contributed by atoms with E-state index < -0.39 is 12.0 Å². The molecule has 0 saturated carbocycles. The standard InChI is InChI=1S/C16H24N2O3.ClH/c1-4-5-15(19)18-13-8-6-12(7-9-13)10-14(17)16(20)21-11(2)3;/h6-9,11,14H,4-5,10,17H2,1-3H3,(H,18,19);1H/t14-;/m0./s1. The number of carbonyl (C=O) groups is 2. The fraction of sp³-hybridized carbons (Fsp3) is 0.500. The van der Waals surface area contributed by atoms with E-state index in [1.165, 1.54) is 0 Å². The van der Waals surface area contributed by atoms with E-state index in [1.807, 2.05) is 31.2 Å². The quantitative estimate of drug-likeness (QED) is 0.754. The second kappa shape index (κ2) is 10.2. The van der Waals surface area contributed by atoms with Crippen LogP contribution in [0.1, 0.15) is 39.2 Å². The third-order valence-corrected chi connectivity index (χ3v) is 2.82. The van der Waals surface area contributed by atoms with Crippen LogP contribution < -0.4 is 11.1 Å². The van der Waals surface area contributed by atoms with Gasteiger partial charge in [-0.2, -0.15) is 0 Å².